The number of oxime groups is 1. The number of nitrogens with zero attached hydrogens (tertiary/aromatic N) is 1. The van der Waals surface area contributed by atoms with Gasteiger partial charge in [0.2, 0.25) is 0 Å². The average molecular weight is 298 g/mol. The molecule has 0 saturated heterocycles. The molecule has 0 bridgehead atoms. The Morgan fingerprint density at radius 3 is 2.65 bits per heavy atom. The first kappa shape index (κ1) is 14.5. The summed E-state index contributed by atoms with van der Waals surface area (Å²) in [4.78, 5) is 12.3. The van der Waals surface area contributed by atoms with Gasteiger partial charge in [-0.15, -0.1) is 0 Å². The number of nitrogens with one attached hydrogen (secondary N) is 1. The summed E-state index contributed by atoms with van der Waals surface area (Å²) in [5.41, 5.74) is 5.02. The van der Waals surface area contributed by atoms with Gasteiger partial charge in [-0.05, 0) is 31.0 Å². The molecule has 108 valence electrons. The Balaban J connectivity index is 2.27. The number of rotatable bonds is 3. The van der Waals surface area contributed by atoms with E-state index in [0.717, 1.165) is 12.8 Å². The van der Waals surface area contributed by atoms with Crippen molar-refractivity contribution in [2.45, 2.75) is 31.2 Å². The van der Waals surface area contributed by atoms with E-state index in [4.69, 9.17) is 22.5 Å². The molecule has 1 aliphatic carbocycles. The Hall–Kier alpha value is -1.95. The zero-order valence-electron chi connectivity index (χ0n) is 10.8. The molecule has 0 spiro atoms. The van der Waals surface area contributed by atoms with Crippen LogP contribution >= 0.6 is 11.6 Å². The second-order valence-corrected chi connectivity index (χ2v) is 5.30. The molecule has 1 aromatic carbocycles. The van der Waals surface area contributed by atoms with E-state index in [9.17, 15) is 9.90 Å². The van der Waals surface area contributed by atoms with Crippen LogP contribution < -0.4 is 11.1 Å². The molecule has 20 heavy (non-hydrogen) atoms. The van der Waals surface area contributed by atoms with E-state index in [1.165, 1.54) is 18.2 Å². The predicted octanol–water partition coefficient (Wildman–Crippen LogP) is 1.83. The minimum absolute atomic E-state index is 0.0142. The summed E-state index contributed by atoms with van der Waals surface area (Å²) in [6.07, 6.45) is 2.96. The van der Waals surface area contributed by atoms with Crippen LogP contribution in [0.25, 0.3) is 0 Å². The van der Waals surface area contributed by atoms with E-state index >= 15 is 0 Å². The summed E-state index contributed by atoms with van der Waals surface area (Å²) in [5, 5.41) is 24.4. The van der Waals surface area contributed by atoms with E-state index in [0.29, 0.717) is 12.8 Å². The maximum atomic E-state index is 12.3. The number of nitrogens with two attached hydrogens (primary N) is 1. The van der Waals surface area contributed by atoms with Gasteiger partial charge in [-0.2, -0.15) is 0 Å². The van der Waals surface area contributed by atoms with E-state index in [1.54, 1.807) is 0 Å². The molecule has 0 aliphatic heterocycles. The fraction of sp³-hybridized carbons (Fsp3) is 0.385. The zero-order valence-corrected chi connectivity index (χ0v) is 11.5. The molecule has 1 saturated carbocycles. The Bertz CT molecular complexity index is 554. The lowest BCUT2D eigenvalue weighted by Gasteiger charge is -2.28. The first-order valence-corrected chi connectivity index (χ1v) is 6.65. The topological polar surface area (TPSA) is 108 Å². The van der Waals surface area contributed by atoms with Crippen LogP contribution in [-0.2, 0) is 0 Å². The lowest BCUT2D eigenvalue weighted by atomic mass is 9.95. The number of phenolic OH excluding ortho intramolecular Hbond substituents is 1. The normalized spacial score (nSPS) is 17.9. The molecule has 0 aromatic heterocycles. The standard InChI is InChI=1S/C13H16ClN3O3/c14-10-4-3-8(18)7-9(10)11(19)16-13(12(15)17-20)5-1-2-6-13/h3-4,7,18,20H,1-2,5-6H2,(H2,15,17)(H,16,19). The summed E-state index contributed by atoms with van der Waals surface area (Å²) >= 11 is 5.95. The van der Waals surface area contributed by atoms with Crippen LogP contribution in [0.5, 0.6) is 5.75 Å². The molecule has 0 unspecified atom stereocenters. The van der Waals surface area contributed by atoms with Crippen LogP contribution in [0.1, 0.15) is 36.0 Å². The van der Waals surface area contributed by atoms with Gasteiger partial charge in [-0.3, -0.25) is 4.79 Å². The van der Waals surface area contributed by atoms with Crippen molar-refractivity contribution in [2.75, 3.05) is 0 Å². The minimum Gasteiger partial charge on any atom is -0.508 e. The summed E-state index contributed by atoms with van der Waals surface area (Å²) in [7, 11) is 0. The number of hydrogen-bond acceptors (Lipinski definition) is 4. The molecule has 1 aliphatic rings. The van der Waals surface area contributed by atoms with Gasteiger partial charge < -0.3 is 21.4 Å². The van der Waals surface area contributed by atoms with Gasteiger partial charge >= 0.3 is 0 Å². The van der Waals surface area contributed by atoms with Crippen molar-refractivity contribution >= 4 is 23.3 Å². The average Bonchev–Trinajstić information content (AvgIpc) is 2.90. The number of carbonyl (C=O) groups excluding carboxylic acids is 1. The van der Waals surface area contributed by atoms with Gasteiger partial charge in [0, 0.05) is 0 Å². The second kappa shape index (κ2) is 5.58. The van der Waals surface area contributed by atoms with Crippen LogP contribution in [0.3, 0.4) is 0 Å². The van der Waals surface area contributed by atoms with Crippen molar-refractivity contribution < 1.29 is 15.1 Å². The summed E-state index contributed by atoms with van der Waals surface area (Å²) in [5.74, 6) is -0.525. The Morgan fingerprint density at radius 1 is 1.40 bits per heavy atom. The Morgan fingerprint density at radius 2 is 2.05 bits per heavy atom. The number of amidine groups is 1. The van der Waals surface area contributed by atoms with E-state index in [2.05, 4.69) is 10.5 Å². The molecule has 7 heteroatoms. The molecule has 1 fully saturated rings. The first-order chi connectivity index (χ1) is 9.48. The SMILES string of the molecule is N/C(=N/O)C1(NC(=O)c2cc(O)ccc2Cl)CCCC1. The molecule has 0 heterocycles. The lowest BCUT2D eigenvalue weighted by Crippen LogP contribution is -2.55. The molecule has 1 aromatic rings. The second-order valence-electron chi connectivity index (χ2n) is 4.89. The highest BCUT2D eigenvalue weighted by Crippen LogP contribution is 2.31. The summed E-state index contributed by atoms with van der Waals surface area (Å²) < 4.78 is 0. The minimum atomic E-state index is -0.847. The third-order valence-corrected chi connectivity index (χ3v) is 3.93. The maximum Gasteiger partial charge on any atom is 0.253 e. The smallest absolute Gasteiger partial charge is 0.253 e. The fourth-order valence-electron chi connectivity index (χ4n) is 2.49. The van der Waals surface area contributed by atoms with Gasteiger partial charge in [0.1, 0.15) is 11.3 Å². The lowest BCUT2D eigenvalue weighted by molar-refractivity contribution is 0.0922. The van der Waals surface area contributed by atoms with Crippen molar-refractivity contribution in [1.82, 2.24) is 5.32 Å². The van der Waals surface area contributed by atoms with Crippen LogP contribution in [-0.4, -0.2) is 27.6 Å². The number of phenols is 1. The third kappa shape index (κ3) is 2.65. The van der Waals surface area contributed by atoms with Crippen molar-refractivity contribution in [2.24, 2.45) is 10.9 Å². The molecule has 6 nitrogen and oxygen atoms in total. The number of benzene rings is 1. The fourth-order valence-corrected chi connectivity index (χ4v) is 2.69. The zero-order chi connectivity index (χ0) is 14.8. The van der Waals surface area contributed by atoms with E-state index < -0.39 is 11.4 Å². The van der Waals surface area contributed by atoms with Crippen molar-refractivity contribution in [3.8, 4) is 5.75 Å². The third-order valence-electron chi connectivity index (χ3n) is 3.60. The van der Waals surface area contributed by atoms with Gasteiger partial charge in [0.05, 0.1) is 10.6 Å². The van der Waals surface area contributed by atoms with Crippen LogP contribution in [0, 0.1) is 0 Å². The number of hydrogen-bond donors (Lipinski definition) is 4. The number of amides is 1. The maximum absolute atomic E-state index is 12.3. The van der Waals surface area contributed by atoms with Crippen molar-refractivity contribution in [3.05, 3.63) is 28.8 Å². The Labute approximate surface area is 121 Å². The van der Waals surface area contributed by atoms with Gasteiger partial charge in [-0.1, -0.05) is 29.6 Å². The highest BCUT2D eigenvalue weighted by atomic mass is 35.5. The van der Waals surface area contributed by atoms with Crippen molar-refractivity contribution in [3.63, 3.8) is 0 Å². The highest BCUT2D eigenvalue weighted by Gasteiger charge is 2.40. The largest absolute Gasteiger partial charge is 0.508 e. The van der Waals surface area contributed by atoms with E-state index in [-0.39, 0.29) is 22.2 Å². The first-order valence-electron chi connectivity index (χ1n) is 6.27. The highest BCUT2D eigenvalue weighted by molar-refractivity contribution is 6.34. The molecular formula is C13H16ClN3O3. The quantitative estimate of drug-likeness (QED) is 0.295. The predicted molar refractivity (Wildman–Crippen MR) is 75.2 cm³/mol. The number of halogens is 1. The van der Waals surface area contributed by atoms with Crippen LogP contribution in [0.4, 0.5) is 0 Å². The Kier molecular flexibility index (Phi) is 4.04. The number of carbonyl (C=O) groups is 1. The van der Waals surface area contributed by atoms with Gasteiger partial charge in [0.25, 0.3) is 5.91 Å². The van der Waals surface area contributed by atoms with E-state index in [1.807, 2.05) is 0 Å². The molecule has 0 radical (unpaired) electrons. The summed E-state index contributed by atoms with van der Waals surface area (Å²) in [6, 6.07) is 4.12. The molecule has 5 N–H and O–H groups in total. The molecular weight excluding hydrogens is 282 g/mol. The number of aromatic hydroxyl groups is 1. The van der Waals surface area contributed by atoms with Crippen molar-refractivity contribution in [1.29, 1.82) is 0 Å². The molecule has 2 rings (SSSR count). The van der Waals surface area contributed by atoms with Gasteiger partial charge in [-0.25, -0.2) is 0 Å². The van der Waals surface area contributed by atoms with Crippen LogP contribution in [0.2, 0.25) is 5.02 Å². The molecule has 0 atom stereocenters. The van der Waals surface area contributed by atoms with Gasteiger partial charge in [0.15, 0.2) is 5.84 Å². The van der Waals surface area contributed by atoms with Crippen LogP contribution in [0.15, 0.2) is 23.4 Å². The summed E-state index contributed by atoms with van der Waals surface area (Å²) in [6.45, 7) is 0. The monoisotopic (exact) mass is 297 g/mol. The molecule has 1 amide bonds.